The van der Waals surface area contributed by atoms with E-state index in [-0.39, 0.29) is 40.0 Å². The monoisotopic (exact) mass is 517 g/mol. The Morgan fingerprint density at radius 2 is 1.86 bits per heavy atom. The van der Waals surface area contributed by atoms with Crippen molar-refractivity contribution in [1.82, 2.24) is 19.9 Å². The molecule has 0 radical (unpaired) electrons. The number of aromatic nitrogens is 3. The molecule has 2 heterocycles. The molecule has 35 heavy (non-hydrogen) atoms. The molecule has 3 N–H and O–H groups in total. The maximum absolute atomic E-state index is 12.7. The van der Waals surface area contributed by atoms with E-state index < -0.39 is 15.1 Å². The topological polar surface area (TPSA) is 129 Å². The zero-order chi connectivity index (χ0) is 25.8. The number of hydrogen-bond donors (Lipinski definition) is 3. The number of benzene rings is 1. The van der Waals surface area contributed by atoms with Crippen LogP contribution in [-0.2, 0) is 14.6 Å². The van der Waals surface area contributed by atoms with E-state index in [0.29, 0.717) is 11.4 Å². The number of hydrogen-bond acceptors (Lipinski definition) is 9. The second-order valence-electron chi connectivity index (χ2n) is 8.41. The van der Waals surface area contributed by atoms with Crippen molar-refractivity contribution in [3.8, 4) is 0 Å². The first-order valence-electron chi connectivity index (χ1n) is 10.8. The number of rotatable bonds is 9. The molecule has 12 heteroatoms. The van der Waals surface area contributed by atoms with Crippen LogP contribution in [0.1, 0.15) is 19.4 Å². The Labute approximate surface area is 210 Å². The van der Waals surface area contributed by atoms with Crippen LogP contribution >= 0.6 is 11.6 Å². The Bertz CT molecular complexity index is 1330. The normalized spacial score (nSPS) is 11.5. The summed E-state index contributed by atoms with van der Waals surface area (Å²) in [5, 5.41) is 8.42. The van der Waals surface area contributed by atoms with Crippen LogP contribution in [-0.4, -0.2) is 60.1 Å². The summed E-state index contributed by atoms with van der Waals surface area (Å²) in [7, 11) is -0.00573. The number of aryl methyl sites for hydroxylation is 1. The summed E-state index contributed by atoms with van der Waals surface area (Å²) in [5.41, 5.74) is 2.47. The highest BCUT2D eigenvalue weighted by Crippen LogP contribution is 2.30. The zero-order valence-electron chi connectivity index (χ0n) is 20.1. The Hall–Kier alpha value is -3.28. The third kappa shape index (κ3) is 6.65. The number of carbonyl (C=O) groups is 1. The maximum Gasteiger partial charge on any atom is 0.238 e. The maximum atomic E-state index is 12.7. The molecule has 0 unspecified atom stereocenters. The van der Waals surface area contributed by atoms with Gasteiger partial charge in [0.25, 0.3) is 0 Å². The van der Waals surface area contributed by atoms with Crippen LogP contribution < -0.4 is 16.0 Å². The smallest absolute Gasteiger partial charge is 0.238 e. The van der Waals surface area contributed by atoms with E-state index in [1.807, 2.05) is 33.2 Å². The van der Waals surface area contributed by atoms with Gasteiger partial charge in [0, 0.05) is 17.6 Å². The molecule has 0 aliphatic carbocycles. The summed E-state index contributed by atoms with van der Waals surface area (Å²) in [4.78, 5) is 26.6. The number of carbonyl (C=O) groups excluding carboxylic acids is 1. The first-order chi connectivity index (χ1) is 16.5. The van der Waals surface area contributed by atoms with Gasteiger partial charge in [-0.05, 0) is 64.7 Å². The van der Waals surface area contributed by atoms with Crippen molar-refractivity contribution in [2.45, 2.75) is 31.0 Å². The Balaban J connectivity index is 1.87. The lowest BCUT2D eigenvalue weighted by atomic mass is 10.2. The van der Waals surface area contributed by atoms with Crippen molar-refractivity contribution in [1.29, 1.82) is 0 Å². The van der Waals surface area contributed by atoms with Crippen LogP contribution in [0, 0.1) is 6.92 Å². The molecular formula is C23H28ClN7O3S. The largest absolute Gasteiger partial charge is 0.336 e. The summed E-state index contributed by atoms with van der Waals surface area (Å²) in [6, 6.07) is 8.67. The Kier molecular flexibility index (Phi) is 8.26. The van der Waals surface area contributed by atoms with Gasteiger partial charge in [0.05, 0.1) is 23.7 Å². The first-order valence-corrected chi connectivity index (χ1v) is 12.7. The molecule has 3 aromatic rings. The average Bonchev–Trinajstić information content (AvgIpc) is 2.78. The highest BCUT2D eigenvalue weighted by molar-refractivity contribution is 7.92. The van der Waals surface area contributed by atoms with Gasteiger partial charge in [-0.1, -0.05) is 17.7 Å². The molecule has 0 bridgehead atoms. The molecule has 1 amide bonds. The molecule has 0 saturated carbocycles. The summed E-state index contributed by atoms with van der Waals surface area (Å²) in [6.07, 6.45) is 2.83. The van der Waals surface area contributed by atoms with E-state index in [0.717, 1.165) is 5.56 Å². The predicted octanol–water partition coefficient (Wildman–Crippen LogP) is 4.00. The fourth-order valence-corrected chi connectivity index (χ4v) is 4.24. The number of pyridine rings is 1. The fourth-order valence-electron chi connectivity index (χ4n) is 3.02. The van der Waals surface area contributed by atoms with Gasteiger partial charge in [-0.15, -0.1) is 0 Å². The number of halogens is 1. The molecule has 0 aliphatic heterocycles. The van der Waals surface area contributed by atoms with Crippen LogP contribution in [0.4, 0.5) is 28.8 Å². The van der Waals surface area contributed by atoms with Crippen LogP contribution in [0.3, 0.4) is 0 Å². The van der Waals surface area contributed by atoms with Crippen LogP contribution in [0.25, 0.3) is 0 Å². The zero-order valence-corrected chi connectivity index (χ0v) is 21.7. The van der Waals surface area contributed by atoms with Crippen LogP contribution in [0.2, 0.25) is 5.02 Å². The minimum Gasteiger partial charge on any atom is -0.336 e. The number of nitrogens with zero attached hydrogens (tertiary/aromatic N) is 4. The molecule has 10 nitrogen and oxygen atoms in total. The van der Waals surface area contributed by atoms with Gasteiger partial charge in [0.15, 0.2) is 20.7 Å². The second-order valence-corrected chi connectivity index (χ2v) is 11.2. The lowest BCUT2D eigenvalue weighted by Gasteiger charge is -2.15. The number of sulfone groups is 1. The average molecular weight is 518 g/mol. The lowest BCUT2D eigenvalue weighted by molar-refractivity contribution is -0.116. The predicted molar refractivity (Wildman–Crippen MR) is 139 cm³/mol. The summed E-state index contributed by atoms with van der Waals surface area (Å²) in [5.74, 6) is 0.307. The molecule has 3 rings (SSSR count). The lowest BCUT2D eigenvalue weighted by Crippen LogP contribution is -2.27. The molecule has 0 atom stereocenters. The van der Waals surface area contributed by atoms with Crippen molar-refractivity contribution >= 4 is 56.2 Å². The number of amides is 1. The van der Waals surface area contributed by atoms with Gasteiger partial charge in [-0.2, -0.15) is 4.98 Å². The van der Waals surface area contributed by atoms with Crippen molar-refractivity contribution in [2.75, 3.05) is 36.6 Å². The van der Waals surface area contributed by atoms with Gasteiger partial charge in [0.1, 0.15) is 5.02 Å². The molecule has 2 aromatic heterocycles. The third-order valence-corrected chi connectivity index (χ3v) is 7.27. The molecule has 0 spiro atoms. The van der Waals surface area contributed by atoms with Crippen molar-refractivity contribution < 1.29 is 13.2 Å². The minimum absolute atomic E-state index is 0.0869. The van der Waals surface area contributed by atoms with Crippen LogP contribution in [0.15, 0.2) is 47.8 Å². The van der Waals surface area contributed by atoms with E-state index in [4.69, 9.17) is 11.6 Å². The van der Waals surface area contributed by atoms with Crippen molar-refractivity contribution in [3.05, 3.63) is 53.3 Å². The standard InChI is InChI=1S/C23H28ClN7O3S/c1-14(2)35(33,34)22-18(7-6-10-25-22)28-21-17(24)12-26-23(30-21)29-19-11-16(9-8-15(19)3)27-20(32)13-31(4)5/h6-12,14H,13H2,1-5H3,(H,27,32)(H2,26,28,29,30). The Morgan fingerprint density at radius 1 is 1.11 bits per heavy atom. The third-order valence-electron chi connectivity index (χ3n) is 4.89. The number of likely N-dealkylation sites (N-methyl/N-ethyl adjacent to an activating group) is 1. The van der Waals surface area contributed by atoms with E-state index in [1.165, 1.54) is 12.4 Å². The second kappa shape index (κ2) is 11.0. The highest BCUT2D eigenvalue weighted by atomic mass is 35.5. The van der Waals surface area contributed by atoms with Gasteiger partial charge >= 0.3 is 0 Å². The quantitative estimate of drug-likeness (QED) is 0.385. The molecule has 1 aromatic carbocycles. The van der Waals surface area contributed by atoms with E-state index in [9.17, 15) is 13.2 Å². The Morgan fingerprint density at radius 3 is 2.54 bits per heavy atom. The summed E-state index contributed by atoms with van der Waals surface area (Å²) >= 11 is 6.30. The molecule has 0 aliphatic rings. The molecular weight excluding hydrogens is 490 g/mol. The van der Waals surface area contributed by atoms with Crippen molar-refractivity contribution in [3.63, 3.8) is 0 Å². The highest BCUT2D eigenvalue weighted by Gasteiger charge is 2.25. The van der Waals surface area contributed by atoms with E-state index >= 15 is 0 Å². The van der Waals surface area contributed by atoms with Gasteiger partial charge < -0.3 is 20.9 Å². The number of nitrogens with one attached hydrogen (secondary N) is 3. The summed E-state index contributed by atoms with van der Waals surface area (Å²) < 4.78 is 25.5. The number of anilines is 5. The van der Waals surface area contributed by atoms with Gasteiger partial charge in [-0.3, -0.25) is 4.79 Å². The summed E-state index contributed by atoms with van der Waals surface area (Å²) in [6.45, 7) is 5.34. The minimum atomic E-state index is -3.64. The van der Waals surface area contributed by atoms with E-state index in [2.05, 4.69) is 30.9 Å². The fraction of sp³-hybridized carbons (Fsp3) is 0.304. The van der Waals surface area contributed by atoms with Crippen molar-refractivity contribution in [2.24, 2.45) is 0 Å². The SMILES string of the molecule is Cc1ccc(NC(=O)CN(C)C)cc1Nc1ncc(Cl)c(Nc2cccnc2S(=O)(=O)C(C)C)n1. The molecule has 186 valence electrons. The molecule has 0 fully saturated rings. The molecule has 0 saturated heterocycles. The van der Waals surface area contributed by atoms with Gasteiger partial charge in [0.2, 0.25) is 11.9 Å². The van der Waals surface area contributed by atoms with Gasteiger partial charge in [-0.25, -0.2) is 18.4 Å². The van der Waals surface area contributed by atoms with E-state index in [1.54, 1.807) is 36.9 Å². The van der Waals surface area contributed by atoms with Crippen LogP contribution in [0.5, 0.6) is 0 Å². The first kappa shape index (κ1) is 26.3.